The molecule has 0 N–H and O–H groups in total. The Morgan fingerprint density at radius 1 is 0.900 bits per heavy atom. The topological polar surface area (TPSA) is 18.5 Å². The van der Waals surface area contributed by atoms with Gasteiger partial charge in [0.15, 0.2) is 11.5 Å². The van der Waals surface area contributed by atoms with Crippen LogP contribution in [0.1, 0.15) is 27.7 Å². The van der Waals surface area contributed by atoms with Gasteiger partial charge in [0, 0.05) is 0 Å². The van der Waals surface area contributed by atoms with E-state index in [9.17, 15) is 0 Å². The van der Waals surface area contributed by atoms with Crippen molar-refractivity contribution >= 4 is 19.0 Å². The second kappa shape index (κ2) is 9.61. The maximum atomic E-state index is 5.89. The van der Waals surface area contributed by atoms with Crippen LogP contribution in [-0.2, 0) is 0 Å². The normalized spacial score (nSPS) is 13.6. The number of ether oxygens (including phenoxy) is 2. The van der Waals surface area contributed by atoms with Crippen LogP contribution in [0.3, 0.4) is 0 Å². The van der Waals surface area contributed by atoms with Crippen LogP contribution in [0.2, 0.25) is 0 Å². The van der Waals surface area contributed by atoms with Gasteiger partial charge >= 0.3 is 0 Å². The second-order valence-corrected chi connectivity index (χ2v) is 8.96. The first-order valence-corrected chi connectivity index (χ1v) is 10.7. The Balaban J connectivity index is 2.50. The van der Waals surface area contributed by atoms with E-state index < -0.39 is 0 Å². The molecule has 0 heterocycles. The molecule has 0 unspecified atom stereocenters. The Morgan fingerprint density at radius 3 is 1.65 bits per heavy atom. The van der Waals surface area contributed by atoms with Gasteiger partial charge in [0.05, 0.1) is 31.5 Å². The fourth-order valence-corrected chi connectivity index (χ4v) is 3.49. The van der Waals surface area contributed by atoms with Crippen LogP contribution in [0.4, 0.5) is 0 Å². The number of benzene rings is 1. The zero-order chi connectivity index (χ0) is 14.8. The largest absolute Gasteiger partial charge is 0.494 e. The summed E-state index contributed by atoms with van der Waals surface area (Å²) in [5, 5.41) is 2.97. The summed E-state index contributed by atoms with van der Waals surface area (Å²) in [6.45, 7) is 8.55. The van der Waals surface area contributed by atoms with Crippen molar-refractivity contribution in [2.75, 3.05) is 12.5 Å². The molecular formula is C16H26O2Si2. The van der Waals surface area contributed by atoms with E-state index >= 15 is 0 Å². The minimum absolute atomic E-state index is 0.277. The van der Waals surface area contributed by atoms with Crippen LogP contribution in [0.5, 0.6) is 11.5 Å². The molecule has 0 fully saturated rings. The van der Waals surface area contributed by atoms with E-state index in [1.807, 2.05) is 24.3 Å². The van der Waals surface area contributed by atoms with Gasteiger partial charge in [-0.2, -0.15) is 0 Å². The van der Waals surface area contributed by atoms with Crippen molar-refractivity contribution in [3.63, 3.8) is 0 Å². The van der Waals surface area contributed by atoms with Crippen molar-refractivity contribution in [3.8, 4) is 11.5 Å². The van der Waals surface area contributed by atoms with Gasteiger partial charge in [-0.15, -0.1) is 0 Å². The van der Waals surface area contributed by atoms with Crippen molar-refractivity contribution in [2.24, 2.45) is 0 Å². The average molecular weight is 307 g/mol. The molecule has 0 saturated carbocycles. The summed E-state index contributed by atoms with van der Waals surface area (Å²) in [5.41, 5.74) is 0. The third kappa shape index (κ3) is 6.26. The first-order valence-electron chi connectivity index (χ1n) is 7.25. The Labute approximate surface area is 127 Å². The quantitative estimate of drug-likeness (QED) is 0.687. The molecule has 0 spiro atoms. The lowest BCUT2D eigenvalue weighted by Gasteiger charge is -2.12. The summed E-state index contributed by atoms with van der Waals surface area (Å²) in [5.74, 6) is 1.77. The maximum Gasteiger partial charge on any atom is 0.160 e. The van der Waals surface area contributed by atoms with Gasteiger partial charge in [0.2, 0.25) is 0 Å². The van der Waals surface area contributed by atoms with Crippen molar-refractivity contribution in [1.82, 2.24) is 0 Å². The molecule has 1 aromatic rings. The standard InChI is InChI=1S/C16H26O2Si2/c1-5-13(3)19-11-17-15-9-7-8-10-16(15)18-12-20-14(4)6-2/h5-10H,11-12,19-20H2,1-4H3. The lowest BCUT2D eigenvalue weighted by atomic mass is 10.3. The van der Waals surface area contributed by atoms with E-state index in [4.69, 9.17) is 9.47 Å². The molecule has 110 valence electrons. The molecular weight excluding hydrogens is 280 g/mol. The van der Waals surface area contributed by atoms with Gasteiger partial charge < -0.3 is 9.47 Å². The van der Waals surface area contributed by atoms with Gasteiger partial charge in [-0.3, -0.25) is 0 Å². The summed E-state index contributed by atoms with van der Waals surface area (Å²) in [6, 6.07) is 8.00. The van der Waals surface area contributed by atoms with E-state index in [1.165, 1.54) is 10.4 Å². The molecule has 1 aromatic carbocycles. The maximum absolute atomic E-state index is 5.89. The predicted molar refractivity (Wildman–Crippen MR) is 93.4 cm³/mol. The lowest BCUT2D eigenvalue weighted by molar-refractivity contribution is 0.328. The van der Waals surface area contributed by atoms with E-state index in [0.29, 0.717) is 0 Å². The van der Waals surface area contributed by atoms with E-state index in [2.05, 4.69) is 39.8 Å². The number of allylic oxidation sites excluding steroid dienone is 4. The summed E-state index contributed by atoms with van der Waals surface area (Å²) in [4.78, 5) is 0. The van der Waals surface area contributed by atoms with E-state index in [-0.39, 0.29) is 19.0 Å². The molecule has 0 saturated heterocycles. The van der Waals surface area contributed by atoms with Crippen molar-refractivity contribution in [1.29, 1.82) is 0 Å². The van der Waals surface area contributed by atoms with Crippen molar-refractivity contribution < 1.29 is 9.47 Å². The highest BCUT2D eigenvalue weighted by atomic mass is 28.2. The minimum Gasteiger partial charge on any atom is -0.494 e. The molecule has 0 aromatic heterocycles. The molecule has 2 nitrogen and oxygen atoms in total. The van der Waals surface area contributed by atoms with E-state index in [1.54, 1.807) is 0 Å². The molecule has 20 heavy (non-hydrogen) atoms. The van der Waals surface area contributed by atoms with Crippen LogP contribution in [0, 0.1) is 0 Å². The molecule has 1 rings (SSSR count). The highest BCUT2D eigenvalue weighted by Gasteiger charge is 2.04. The van der Waals surface area contributed by atoms with Gasteiger partial charge in [-0.1, -0.05) is 34.7 Å². The number of rotatable bonds is 8. The van der Waals surface area contributed by atoms with E-state index in [0.717, 1.165) is 24.0 Å². The van der Waals surface area contributed by atoms with Crippen LogP contribution in [-0.4, -0.2) is 31.5 Å². The fourth-order valence-electron chi connectivity index (χ4n) is 1.62. The SMILES string of the molecule is CC=C(C)[SiH2]COc1ccccc1OC[SiH2]C(C)=CC. The van der Waals surface area contributed by atoms with Crippen molar-refractivity contribution in [3.05, 3.63) is 46.8 Å². The van der Waals surface area contributed by atoms with Crippen molar-refractivity contribution in [2.45, 2.75) is 27.7 Å². The summed E-state index contributed by atoms with van der Waals surface area (Å²) in [6.07, 6.45) is 6.04. The molecule has 0 bridgehead atoms. The molecule has 0 aliphatic carbocycles. The smallest absolute Gasteiger partial charge is 0.160 e. The third-order valence-corrected chi connectivity index (χ3v) is 6.55. The average Bonchev–Trinajstić information content (AvgIpc) is 2.48. The molecule has 0 aliphatic heterocycles. The predicted octanol–water partition coefficient (Wildman–Crippen LogP) is 2.54. The second-order valence-electron chi connectivity index (χ2n) is 4.91. The minimum atomic E-state index is -0.277. The Hall–Kier alpha value is -1.27. The van der Waals surface area contributed by atoms with Gasteiger partial charge in [-0.05, 0) is 39.8 Å². The number of para-hydroxylation sites is 2. The zero-order valence-corrected chi connectivity index (χ0v) is 15.9. The monoisotopic (exact) mass is 306 g/mol. The van der Waals surface area contributed by atoms with Crippen LogP contribution >= 0.6 is 0 Å². The number of hydrogen-bond donors (Lipinski definition) is 0. The van der Waals surface area contributed by atoms with Crippen LogP contribution in [0.15, 0.2) is 46.8 Å². The Kier molecular flexibility index (Phi) is 8.06. The first kappa shape index (κ1) is 16.8. The molecule has 0 aliphatic rings. The summed E-state index contributed by atoms with van der Waals surface area (Å²) < 4.78 is 11.8. The first-order chi connectivity index (χ1) is 9.67. The summed E-state index contributed by atoms with van der Waals surface area (Å²) in [7, 11) is -0.554. The molecule has 0 atom stereocenters. The zero-order valence-electron chi connectivity index (χ0n) is 13.1. The highest BCUT2D eigenvalue weighted by molar-refractivity contribution is 6.45. The third-order valence-electron chi connectivity index (χ3n) is 3.34. The Bertz CT molecular complexity index is 424. The van der Waals surface area contributed by atoms with Crippen LogP contribution < -0.4 is 9.47 Å². The fraction of sp³-hybridized carbons (Fsp3) is 0.375. The van der Waals surface area contributed by atoms with Crippen LogP contribution in [0.25, 0.3) is 0 Å². The van der Waals surface area contributed by atoms with Gasteiger partial charge in [-0.25, -0.2) is 0 Å². The summed E-state index contributed by atoms with van der Waals surface area (Å²) >= 11 is 0. The molecule has 4 heteroatoms. The molecule has 0 amide bonds. The van der Waals surface area contributed by atoms with Gasteiger partial charge in [0.25, 0.3) is 0 Å². The highest BCUT2D eigenvalue weighted by Crippen LogP contribution is 2.26. The Morgan fingerprint density at radius 2 is 1.30 bits per heavy atom. The molecule has 0 radical (unpaired) electrons. The van der Waals surface area contributed by atoms with Gasteiger partial charge in [0.1, 0.15) is 0 Å². The lowest BCUT2D eigenvalue weighted by Crippen LogP contribution is -2.11. The number of hydrogen-bond acceptors (Lipinski definition) is 2.